The smallest absolute Gasteiger partial charge is 0.156 e. The molecule has 0 amide bonds. The van der Waals surface area contributed by atoms with Gasteiger partial charge in [-0.2, -0.15) is 0 Å². The first kappa shape index (κ1) is 17.4. The predicted molar refractivity (Wildman–Crippen MR) is 104 cm³/mol. The van der Waals surface area contributed by atoms with E-state index in [1.54, 1.807) is 12.1 Å². The van der Waals surface area contributed by atoms with Crippen LogP contribution >= 0.6 is 0 Å². The van der Waals surface area contributed by atoms with Gasteiger partial charge in [-0.15, -0.1) is 10.2 Å². The fourth-order valence-corrected chi connectivity index (χ4v) is 3.61. The van der Waals surface area contributed by atoms with Crippen molar-refractivity contribution >= 4 is 22.4 Å². The van der Waals surface area contributed by atoms with Gasteiger partial charge in [0.2, 0.25) is 0 Å². The molecule has 1 saturated carbocycles. The Bertz CT molecular complexity index is 1040. The van der Waals surface area contributed by atoms with E-state index < -0.39 is 11.4 Å². The van der Waals surface area contributed by atoms with Crippen molar-refractivity contribution < 1.29 is 14.6 Å². The number of aromatic hydroxyl groups is 1. The third-order valence-corrected chi connectivity index (χ3v) is 4.97. The number of rotatable bonds is 4. The molecule has 3 N–H and O–H groups in total. The number of fused-ring (bicyclic) bond motifs is 1. The summed E-state index contributed by atoms with van der Waals surface area (Å²) >= 11 is 0. The quantitative estimate of drug-likeness (QED) is 0.644. The topological polar surface area (TPSA) is 78.3 Å². The van der Waals surface area contributed by atoms with Gasteiger partial charge in [0.25, 0.3) is 0 Å². The zero-order valence-corrected chi connectivity index (χ0v) is 14.9. The number of aliphatic hydroxyl groups is 1. The molecule has 0 saturated heterocycles. The maximum Gasteiger partial charge on any atom is 0.156 e. The number of halogens is 1. The average molecular weight is 365 g/mol. The Morgan fingerprint density at radius 2 is 1.89 bits per heavy atom. The van der Waals surface area contributed by atoms with E-state index >= 15 is 0 Å². The molecule has 0 radical (unpaired) electrons. The molecule has 3 aromatic rings. The maximum atomic E-state index is 13.3. The van der Waals surface area contributed by atoms with E-state index in [9.17, 15) is 14.6 Å². The van der Waals surface area contributed by atoms with Gasteiger partial charge in [-0.3, -0.25) is 0 Å². The summed E-state index contributed by atoms with van der Waals surface area (Å²) in [4.78, 5) is 0. The van der Waals surface area contributed by atoms with Crippen molar-refractivity contribution in [2.24, 2.45) is 0 Å². The molecular formula is C21H20FN3O2. The summed E-state index contributed by atoms with van der Waals surface area (Å²) in [7, 11) is 0. The van der Waals surface area contributed by atoms with Crippen LogP contribution in [0.3, 0.4) is 0 Å². The second kappa shape index (κ2) is 6.32. The lowest BCUT2D eigenvalue weighted by atomic mass is 9.77. The minimum atomic E-state index is -0.630. The van der Waals surface area contributed by atoms with Gasteiger partial charge in [-0.25, -0.2) is 4.39 Å². The van der Waals surface area contributed by atoms with E-state index in [1.165, 1.54) is 6.07 Å². The lowest BCUT2D eigenvalue weighted by Crippen LogP contribution is -2.48. The monoisotopic (exact) mass is 365 g/mol. The molecule has 5 nitrogen and oxygen atoms in total. The molecule has 1 heterocycles. The normalized spacial score (nSPS) is 21.7. The Labute approximate surface area is 156 Å². The van der Waals surface area contributed by atoms with Crippen molar-refractivity contribution in [2.45, 2.75) is 31.4 Å². The lowest BCUT2D eigenvalue weighted by Gasteiger charge is -2.41. The van der Waals surface area contributed by atoms with Crippen molar-refractivity contribution in [1.82, 2.24) is 10.2 Å². The van der Waals surface area contributed by atoms with E-state index in [0.717, 1.165) is 10.8 Å². The Kier molecular flexibility index (Phi) is 4.08. The largest absolute Gasteiger partial charge is 0.507 e. The number of nitrogens with zero attached hydrogens (tertiary/aromatic N) is 2. The van der Waals surface area contributed by atoms with Crippen LogP contribution in [0.2, 0.25) is 0 Å². The van der Waals surface area contributed by atoms with Crippen LogP contribution < -0.4 is 5.32 Å². The van der Waals surface area contributed by atoms with E-state index in [2.05, 4.69) is 22.1 Å². The van der Waals surface area contributed by atoms with Crippen molar-refractivity contribution in [3.05, 3.63) is 54.6 Å². The number of phenols is 1. The van der Waals surface area contributed by atoms with Gasteiger partial charge >= 0.3 is 0 Å². The summed E-state index contributed by atoms with van der Waals surface area (Å²) < 4.78 is 13.3. The number of anilines is 1. The van der Waals surface area contributed by atoms with Crippen molar-refractivity contribution in [1.29, 1.82) is 0 Å². The first-order chi connectivity index (χ1) is 12.8. The first-order valence-electron chi connectivity index (χ1n) is 8.76. The maximum absolute atomic E-state index is 13.3. The van der Waals surface area contributed by atoms with E-state index in [4.69, 9.17) is 0 Å². The standard InChI is InChI=1S/C21H20FN3O2/c1-12(22)13-7-8-17(18(26)9-13)19-15-5-3-4-6-16(15)20(25-24-19)23-14-10-21(2,27)11-14/h3-9,14,26-27H,1,10-11H2,2H3,(H,23,25). The highest BCUT2D eigenvalue weighted by molar-refractivity contribution is 6.01. The summed E-state index contributed by atoms with van der Waals surface area (Å²) in [6.07, 6.45) is 1.31. The zero-order chi connectivity index (χ0) is 19.2. The molecular weight excluding hydrogens is 345 g/mol. The minimum absolute atomic E-state index is 0.0819. The molecule has 1 aromatic heterocycles. The van der Waals surface area contributed by atoms with Gasteiger partial charge in [-0.1, -0.05) is 36.9 Å². The van der Waals surface area contributed by atoms with Crippen LogP contribution in [0.15, 0.2) is 49.0 Å². The van der Waals surface area contributed by atoms with E-state index in [-0.39, 0.29) is 17.4 Å². The fraction of sp³-hybridized carbons (Fsp3) is 0.238. The molecule has 0 unspecified atom stereocenters. The molecule has 27 heavy (non-hydrogen) atoms. The third-order valence-electron chi connectivity index (χ3n) is 4.97. The number of aromatic nitrogens is 2. The third kappa shape index (κ3) is 3.24. The van der Waals surface area contributed by atoms with Gasteiger partial charge < -0.3 is 15.5 Å². The van der Waals surface area contributed by atoms with Gasteiger partial charge in [0.15, 0.2) is 5.82 Å². The predicted octanol–water partition coefficient (Wildman–Crippen LogP) is 4.27. The Hall–Kier alpha value is -2.99. The fourth-order valence-electron chi connectivity index (χ4n) is 3.61. The highest BCUT2D eigenvalue weighted by atomic mass is 19.1. The molecule has 0 spiro atoms. The zero-order valence-electron chi connectivity index (χ0n) is 14.9. The SMILES string of the molecule is C=C(F)c1ccc(-c2nnc(NC3CC(C)(O)C3)c3ccccc23)c(O)c1. The number of benzene rings is 2. The number of phenolic OH excluding ortho intramolecular Hbond substituents is 1. The number of nitrogens with one attached hydrogen (secondary N) is 1. The number of hydrogen-bond donors (Lipinski definition) is 3. The summed E-state index contributed by atoms with van der Waals surface area (Å²) in [6.45, 7) is 5.07. The van der Waals surface area contributed by atoms with Crippen molar-refractivity contribution in [3.63, 3.8) is 0 Å². The van der Waals surface area contributed by atoms with Gasteiger partial charge in [0.1, 0.15) is 17.3 Å². The first-order valence-corrected chi connectivity index (χ1v) is 8.76. The molecule has 0 aliphatic heterocycles. The molecule has 0 bridgehead atoms. The lowest BCUT2D eigenvalue weighted by molar-refractivity contribution is -0.0235. The average Bonchev–Trinajstić information content (AvgIpc) is 2.60. The molecule has 138 valence electrons. The van der Waals surface area contributed by atoms with Crippen LogP contribution in [-0.2, 0) is 0 Å². The van der Waals surface area contributed by atoms with Crippen molar-refractivity contribution in [2.75, 3.05) is 5.32 Å². The molecule has 0 atom stereocenters. The molecule has 1 aliphatic rings. The van der Waals surface area contributed by atoms with Gasteiger partial charge in [-0.05, 0) is 31.9 Å². The summed E-state index contributed by atoms with van der Waals surface area (Å²) in [6, 6.07) is 12.3. The Morgan fingerprint density at radius 3 is 2.52 bits per heavy atom. The van der Waals surface area contributed by atoms with Crippen LogP contribution in [-0.4, -0.2) is 32.1 Å². The van der Waals surface area contributed by atoms with Crippen LogP contribution in [0.25, 0.3) is 27.9 Å². The van der Waals surface area contributed by atoms with E-state index in [0.29, 0.717) is 29.9 Å². The molecule has 2 aromatic carbocycles. The summed E-state index contributed by atoms with van der Waals surface area (Å²) in [5.41, 5.74) is 0.588. The van der Waals surface area contributed by atoms with Gasteiger partial charge in [0.05, 0.1) is 5.60 Å². The molecule has 4 rings (SSSR count). The van der Waals surface area contributed by atoms with Crippen molar-refractivity contribution in [3.8, 4) is 17.0 Å². The minimum Gasteiger partial charge on any atom is -0.507 e. The highest BCUT2D eigenvalue weighted by Gasteiger charge is 2.38. The van der Waals surface area contributed by atoms with Crippen LogP contribution in [0, 0.1) is 0 Å². The Morgan fingerprint density at radius 1 is 1.19 bits per heavy atom. The van der Waals surface area contributed by atoms with E-state index in [1.807, 2.05) is 31.2 Å². The Balaban J connectivity index is 1.75. The number of hydrogen-bond acceptors (Lipinski definition) is 5. The molecule has 1 aliphatic carbocycles. The van der Waals surface area contributed by atoms with Gasteiger partial charge in [0, 0.05) is 27.9 Å². The van der Waals surface area contributed by atoms with Crippen LogP contribution in [0.1, 0.15) is 25.3 Å². The van der Waals surface area contributed by atoms with Crippen LogP contribution in [0.5, 0.6) is 5.75 Å². The summed E-state index contributed by atoms with van der Waals surface area (Å²) in [5, 5.41) is 33.9. The summed E-state index contributed by atoms with van der Waals surface area (Å²) in [5.74, 6) is -0.0479. The van der Waals surface area contributed by atoms with Crippen LogP contribution in [0.4, 0.5) is 10.2 Å². The second-order valence-electron chi connectivity index (χ2n) is 7.33. The second-order valence-corrected chi connectivity index (χ2v) is 7.33. The highest BCUT2D eigenvalue weighted by Crippen LogP contribution is 2.38. The molecule has 6 heteroatoms. The molecule has 1 fully saturated rings.